The topological polar surface area (TPSA) is 45.2 Å². The normalized spacial score (nSPS) is 25.8. The zero-order valence-corrected chi connectivity index (χ0v) is 17.7. The summed E-state index contributed by atoms with van der Waals surface area (Å²) in [5, 5.41) is 3.24. The molecule has 0 aliphatic heterocycles. The second kappa shape index (κ2) is 8.99. The van der Waals surface area contributed by atoms with E-state index >= 15 is 0 Å². The van der Waals surface area contributed by atoms with Gasteiger partial charge in [0.25, 0.3) is 0 Å². The Balaban J connectivity index is 1.50. The molecule has 30 heavy (non-hydrogen) atoms. The van der Waals surface area contributed by atoms with Crippen LogP contribution in [0.3, 0.4) is 0 Å². The minimum atomic E-state index is -0.245. The molecule has 2 saturated carbocycles. The van der Waals surface area contributed by atoms with Gasteiger partial charge in [0.05, 0.1) is 5.69 Å². The zero-order valence-electron chi connectivity index (χ0n) is 17.7. The van der Waals surface area contributed by atoms with E-state index in [-0.39, 0.29) is 17.9 Å². The van der Waals surface area contributed by atoms with Crippen molar-refractivity contribution >= 4 is 12.1 Å². The standard InChI is InChI=1S/C25H30FN3O/c1-29(2)25(30)28-24-15-18-6-3-4-9-22(18)23(24)13-12-21-11-10-19(16-27-21)17-7-5-8-20(26)14-17/h5,7-8,10-14,16,18,22-24H,3-4,6,9,15H2,1-2H3,(H,28,30)/b13-12+/t18-,22-,23+,24+/m1/s1. The van der Waals surface area contributed by atoms with Crippen molar-refractivity contribution in [2.45, 2.75) is 38.1 Å². The summed E-state index contributed by atoms with van der Waals surface area (Å²) in [6.45, 7) is 0. The van der Waals surface area contributed by atoms with Gasteiger partial charge in [-0.1, -0.05) is 43.5 Å². The Labute approximate surface area is 178 Å². The van der Waals surface area contributed by atoms with Crippen LogP contribution in [0.2, 0.25) is 0 Å². The summed E-state index contributed by atoms with van der Waals surface area (Å²) in [5.74, 6) is 1.42. The molecule has 4 atom stereocenters. The van der Waals surface area contributed by atoms with Crippen molar-refractivity contribution in [3.05, 3.63) is 60.2 Å². The highest BCUT2D eigenvalue weighted by molar-refractivity contribution is 5.74. The van der Waals surface area contributed by atoms with E-state index in [2.05, 4.69) is 22.5 Å². The van der Waals surface area contributed by atoms with Gasteiger partial charge in [-0.2, -0.15) is 0 Å². The van der Waals surface area contributed by atoms with Crippen molar-refractivity contribution in [2.75, 3.05) is 14.1 Å². The van der Waals surface area contributed by atoms with Crippen LogP contribution in [0.1, 0.15) is 37.8 Å². The van der Waals surface area contributed by atoms with Crippen LogP contribution < -0.4 is 5.32 Å². The molecule has 0 saturated heterocycles. The average Bonchev–Trinajstić information content (AvgIpc) is 3.09. The predicted octanol–water partition coefficient (Wildman–Crippen LogP) is 5.37. The van der Waals surface area contributed by atoms with Crippen LogP contribution in [0, 0.1) is 23.6 Å². The van der Waals surface area contributed by atoms with Crippen molar-refractivity contribution in [1.29, 1.82) is 0 Å². The third kappa shape index (κ3) is 4.55. The fourth-order valence-electron chi connectivity index (χ4n) is 5.09. The van der Waals surface area contributed by atoms with Gasteiger partial charge in [-0.05, 0) is 54.5 Å². The Bertz CT molecular complexity index is 909. The Kier molecular flexibility index (Phi) is 6.16. The van der Waals surface area contributed by atoms with Crippen LogP contribution >= 0.6 is 0 Å². The lowest BCUT2D eigenvalue weighted by Gasteiger charge is -2.28. The van der Waals surface area contributed by atoms with Crippen molar-refractivity contribution in [3.8, 4) is 11.1 Å². The molecular formula is C25H30FN3O. The molecule has 0 bridgehead atoms. The fraction of sp³-hybridized carbons (Fsp3) is 0.440. The first kappa shape index (κ1) is 20.6. The summed E-state index contributed by atoms with van der Waals surface area (Å²) in [4.78, 5) is 18.4. The monoisotopic (exact) mass is 407 g/mol. The molecule has 4 rings (SSSR count). The maximum Gasteiger partial charge on any atom is 0.317 e. The predicted molar refractivity (Wildman–Crippen MR) is 118 cm³/mol. The number of urea groups is 1. The number of benzene rings is 1. The highest BCUT2D eigenvalue weighted by Gasteiger charge is 2.43. The lowest BCUT2D eigenvalue weighted by Crippen LogP contribution is -2.43. The number of hydrogen-bond acceptors (Lipinski definition) is 2. The molecular weight excluding hydrogens is 377 g/mol. The molecule has 1 heterocycles. The number of aromatic nitrogens is 1. The Morgan fingerprint density at radius 1 is 1.17 bits per heavy atom. The van der Waals surface area contributed by atoms with Crippen molar-refractivity contribution < 1.29 is 9.18 Å². The molecule has 0 unspecified atom stereocenters. The van der Waals surface area contributed by atoms with E-state index in [0.717, 1.165) is 23.2 Å². The van der Waals surface area contributed by atoms with Crippen LogP contribution in [0.15, 0.2) is 48.7 Å². The molecule has 1 N–H and O–H groups in total. The van der Waals surface area contributed by atoms with E-state index in [0.29, 0.717) is 17.8 Å². The molecule has 4 nitrogen and oxygen atoms in total. The van der Waals surface area contributed by atoms with Crippen LogP contribution in [-0.4, -0.2) is 36.1 Å². The van der Waals surface area contributed by atoms with Gasteiger partial charge in [0.15, 0.2) is 0 Å². The number of hydrogen-bond donors (Lipinski definition) is 1. The SMILES string of the molecule is CN(C)C(=O)N[C@H]1C[C@H]2CCCC[C@H]2[C@@H]1/C=C/c1ccc(-c2cccc(F)c2)cn1. The number of rotatable bonds is 4. The second-order valence-corrected chi connectivity index (χ2v) is 8.81. The largest absolute Gasteiger partial charge is 0.335 e. The molecule has 2 fully saturated rings. The Morgan fingerprint density at radius 2 is 2.00 bits per heavy atom. The minimum Gasteiger partial charge on any atom is -0.335 e. The molecule has 2 aliphatic rings. The first-order chi connectivity index (χ1) is 14.5. The number of fused-ring (bicyclic) bond motifs is 1. The first-order valence-electron chi connectivity index (χ1n) is 10.9. The van der Waals surface area contributed by atoms with Gasteiger partial charge in [-0.25, -0.2) is 9.18 Å². The van der Waals surface area contributed by atoms with Crippen LogP contribution in [0.4, 0.5) is 9.18 Å². The smallest absolute Gasteiger partial charge is 0.317 e. The molecule has 2 amide bonds. The number of amides is 2. The zero-order chi connectivity index (χ0) is 21.1. The van der Waals surface area contributed by atoms with Gasteiger partial charge in [-0.3, -0.25) is 4.98 Å². The quantitative estimate of drug-likeness (QED) is 0.741. The van der Waals surface area contributed by atoms with Gasteiger partial charge in [0.1, 0.15) is 5.82 Å². The molecule has 2 aliphatic carbocycles. The van der Waals surface area contributed by atoms with Gasteiger partial charge in [0.2, 0.25) is 0 Å². The molecule has 2 aromatic rings. The van der Waals surface area contributed by atoms with Gasteiger partial charge >= 0.3 is 6.03 Å². The van der Waals surface area contributed by atoms with E-state index in [9.17, 15) is 9.18 Å². The lowest BCUT2D eigenvalue weighted by atomic mass is 9.78. The highest BCUT2D eigenvalue weighted by Crippen LogP contribution is 2.46. The van der Waals surface area contributed by atoms with E-state index in [1.807, 2.05) is 18.2 Å². The van der Waals surface area contributed by atoms with Crippen LogP contribution in [0.25, 0.3) is 17.2 Å². The number of carbonyl (C=O) groups is 1. The fourth-order valence-corrected chi connectivity index (χ4v) is 5.09. The number of pyridine rings is 1. The first-order valence-corrected chi connectivity index (χ1v) is 10.9. The Morgan fingerprint density at radius 3 is 2.73 bits per heavy atom. The number of nitrogens with zero attached hydrogens (tertiary/aromatic N) is 2. The summed E-state index contributed by atoms with van der Waals surface area (Å²) >= 11 is 0. The summed E-state index contributed by atoms with van der Waals surface area (Å²) in [6.07, 6.45) is 12.3. The van der Waals surface area contributed by atoms with E-state index in [4.69, 9.17) is 0 Å². The van der Waals surface area contributed by atoms with Gasteiger partial charge in [0, 0.05) is 37.8 Å². The third-order valence-corrected chi connectivity index (χ3v) is 6.63. The second-order valence-electron chi connectivity index (χ2n) is 8.81. The maximum absolute atomic E-state index is 13.5. The minimum absolute atomic E-state index is 0.0189. The molecule has 0 spiro atoms. The van der Waals surface area contributed by atoms with E-state index in [1.54, 1.807) is 31.3 Å². The highest BCUT2D eigenvalue weighted by atomic mass is 19.1. The van der Waals surface area contributed by atoms with Crippen molar-refractivity contribution in [3.63, 3.8) is 0 Å². The summed E-state index contributed by atoms with van der Waals surface area (Å²) in [6, 6.07) is 10.7. The van der Waals surface area contributed by atoms with Crippen LogP contribution in [0.5, 0.6) is 0 Å². The van der Waals surface area contributed by atoms with Gasteiger partial charge < -0.3 is 10.2 Å². The van der Waals surface area contributed by atoms with Crippen LogP contribution in [-0.2, 0) is 0 Å². The number of halogens is 1. The molecule has 1 aromatic heterocycles. The van der Waals surface area contributed by atoms with Gasteiger partial charge in [-0.15, -0.1) is 0 Å². The maximum atomic E-state index is 13.5. The lowest BCUT2D eigenvalue weighted by molar-refractivity contribution is 0.209. The number of carbonyl (C=O) groups excluding carboxylic acids is 1. The summed E-state index contributed by atoms with van der Waals surface area (Å²) in [5.41, 5.74) is 2.61. The number of nitrogens with one attached hydrogen (secondary N) is 1. The van der Waals surface area contributed by atoms with E-state index in [1.165, 1.54) is 37.8 Å². The van der Waals surface area contributed by atoms with Crippen molar-refractivity contribution in [1.82, 2.24) is 15.2 Å². The third-order valence-electron chi connectivity index (χ3n) is 6.63. The summed E-state index contributed by atoms with van der Waals surface area (Å²) < 4.78 is 13.5. The molecule has 1 aromatic carbocycles. The average molecular weight is 408 g/mol. The summed E-state index contributed by atoms with van der Waals surface area (Å²) in [7, 11) is 3.57. The van der Waals surface area contributed by atoms with Crippen molar-refractivity contribution in [2.24, 2.45) is 17.8 Å². The molecule has 5 heteroatoms. The Hall–Kier alpha value is -2.69. The molecule has 158 valence electrons. The van der Waals surface area contributed by atoms with E-state index < -0.39 is 0 Å². The molecule has 0 radical (unpaired) electrons.